The fraction of sp³-hybridized carbons (Fsp3) is 0.625. The summed E-state index contributed by atoms with van der Waals surface area (Å²) in [7, 11) is 0. The lowest BCUT2D eigenvalue weighted by Gasteiger charge is -2.32. The van der Waals surface area contributed by atoms with Crippen molar-refractivity contribution < 1.29 is 0 Å². The zero-order chi connectivity index (χ0) is 12.8. The molecule has 0 heterocycles. The van der Waals surface area contributed by atoms with E-state index in [0.717, 1.165) is 12.3 Å². The Morgan fingerprint density at radius 1 is 1.00 bits per heavy atom. The van der Waals surface area contributed by atoms with Crippen LogP contribution < -0.4 is 0 Å². The highest BCUT2D eigenvalue weighted by Gasteiger charge is 2.33. The lowest BCUT2D eigenvalue weighted by Crippen LogP contribution is -2.30. The third-order valence-corrected chi connectivity index (χ3v) is 5.32. The highest BCUT2D eigenvalue weighted by molar-refractivity contribution is 6.21. The van der Waals surface area contributed by atoms with Gasteiger partial charge in [-0.1, -0.05) is 56.0 Å². The molecule has 0 aromatic heterocycles. The molecule has 18 heavy (non-hydrogen) atoms. The Balaban J connectivity index is 2.05. The fourth-order valence-corrected chi connectivity index (χ4v) is 3.86. The van der Waals surface area contributed by atoms with Crippen molar-refractivity contribution >= 4 is 23.2 Å². The van der Waals surface area contributed by atoms with Crippen molar-refractivity contribution in [1.29, 1.82) is 0 Å². The molecule has 0 atom stereocenters. The van der Waals surface area contributed by atoms with Crippen molar-refractivity contribution in [2.75, 3.05) is 11.8 Å². The first-order chi connectivity index (χ1) is 8.78. The number of alkyl halides is 2. The summed E-state index contributed by atoms with van der Waals surface area (Å²) in [4.78, 5) is 0. The summed E-state index contributed by atoms with van der Waals surface area (Å²) in [5.74, 6) is 2.18. The number of rotatable bonds is 6. The molecule has 100 valence electrons. The average molecular weight is 285 g/mol. The van der Waals surface area contributed by atoms with Crippen molar-refractivity contribution in [2.45, 2.75) is 38.5 Å². The molecule has 0 spiro atoms. The van der Waals surface area contributed by atoms with E-state index < -0.39 is 0 Å². The molecule has 1 aliphatic carbocycles. The van der Waals surface area contributed by atoms with E-state index in [2.05, 4.69) is 30.3 Å². The normalized spacial score (nSPS) is 17.2. The number of halogens is 2. The van der Waals surface area contributed by atoms with E-state index in [1.54, 1.807) is 0 Å². The Hall–Kier alpha value is -0.200. The van der Waals surface area contributed by atoms with E-state index in [-0.39, 0.29) is 5.41 Å². The second-order valence-corrected chi connectivity index (χ2v) is 6.32. The summed E-state index contributed by atoms with van der Waals surface area (Å²) >= 11 is 12.5. The van der Waals surface area contributed by atoms with Crippen molar-refractivity contribution in [3.63, 3.8) is 0 Å². The second-order valence-electron chi connectivity index (χ2n) is 5.78. The van der Waals surface area contributed by atoms with Gasteiger partial charge in [0, 0.05) is 17.2 Å². The molecule has 0 amide bonds. The molecule has 0 bridgehead atoms. The molecule has 0 unspecified atom stereocenters. The Morgan fingerprint density at radius 3 is 2.17 bits per heavy atom. The van der Waals surface area contributed by atoms with Crippen molar-refractivity contribution in [2.24, 2.45) is 11.3 Å². The van der Waals surface area contributed by atoms with Crippen molar-refractivity contribution in [3.05, 3.63) is 35.9 Å². The van der Waals surface area contributed by atoms with Gasteiger partial charge in [0.15, 0.2) is 0 Å². The van der Waals surface area contributed by atoms with Gasteiger partial charge in [0.25, 0.3) is 0 Å². The van der Waals surface area contributed by atoms with Crippen LogP contribution in [0.25, 0.3) is 0 Å². The Labute approximate surface area is 121 Å². The first-order valence-electron chi connectivity index (χ1n) is 6.94. The maximum absolute atomic E-state index is 6.27. The minimum atomic E-state index is 0.0828. The number of benzene rings is 1. The van der Waals surface area contributed by atoms with Gasteiger partial charge in [0.05, 0.1) is 0 Å². The summed E-state index contributed by atoms with van der Waals surface area (Å²) in [6, 6.07) is 10.6. The van der Waals surface area contributed by atoms with Crippen molar-refractivity contribution in [1.82, 2.24) is 0 Å². The van der Waals surface area contributed by atoms with Gasteiger partial charge in [0.2, 0.25) is 0 Å². The summed E-state index contributed by atoms with van der Waals surface area (Å²) in [5.41, 5.74) is 1.44. The predicted octanol–water partition coefficient (Wildman–Crippen LogP) is 5.27. The quantitative estimate of drug-likeness (QED) is 0.624. The van der Waals surface area contributed by atoms with E-state index >= 15 is 0 Å². The molecule has 2 rings (SSSR count). The van der Waals surface area contributed by atoms with Crippen LogP contribution in [0.2, 0.25) is 0 Å². The summed E-state index contributed by atoms with van der Waals surface area (Å²) in [5, 5.41) is 0. The maximum Gasteiger partial charge on any atom is 0.0294 e. The molecule has 1 fully saturated rings. The van der Waals surface area contributed by atoms with Crippen LogP contribution in [0.15, 0.2) is 30.3 Å². The topological polar surface area (TPSA) is 0 Å². The lowest BCUT2D eigenvalue weighted by molar-refractivity contribution is 0.275. The SMILES string of the molecule is ClCC(CCl)(Cc1ccccc1)CC1CCCC1. The van der Waals surface area contributed by atoms with Crippen LogP contribution in [-0.2, 0) is 6.42 Å². The number of hydrogen-bond acceptors (Lipinski definition) is 0. The largest absolute Gasteiger partial charge is 0.126 e. The molecule has 1 aromatic rings. The third kappa shape index (κ3) is 3.65. The highest BCUT2D eigenvalue weighted by Crippen LogP contribution is 2.39. The van der Waals surface area contributed by atoms with E-state index in [1.807, 2.05) is 0 Å². The van der Waals surface area contributed by atoms with Gasteiger partial charge in [0.1, 0.15) is 0 Å². The van der Waals surface area contributed by atoms with Gasteiger partial charge in [-0.15, -0.1) is 23.2 Å². The minimum absolute atomic E-state index is 0.0828. The molecule has 0 N–H and O–H groups in total. The van der Waals surface area contributed by atoms with Crippen LogP contribution in [0.1, 0.15) is 37.7 Å². The first-order valence-corrected chi connectivity index (χ1v) is 8.01. The Kier molecular flexibility index (Phi) is 5.38. The van der Waals surface area contributed by atoms with Crippen LogP contribution in [0.3, 0.4) is 0 Å². The van der Waals surface area contributed by atoms with Crippen molar-refractivity contribution in [3.8, 4) is 0 Å². The van der Waals surface area contributed by atoms with Crippen LogP contribution >= 0.6 is 23.2 Å². The molecular weight excluding hydrogens is 263 g/mol. The van der Waals surface area contributed by atoms with Crippen LogP contribution in [-0.4, -0.2) is 11.8 Å². The van der Waals surface area contributed by atoms with Gasteiger partial charge in [-0.2, -0.15) is 0 Å². The lowest BCUT2D eigenvalue weighted by atomic mass is 9.77. The number of hydrogen-bond donors (Lipinski definition) is 0. The molecule has 1 aromatic carbocycles. The minimum Gasteiger partial charge on any atom is -0.126 e. The predicted molar refractivity (Wildman–Crippen MR) is 80.6 cm³/mol. The Morgan fingerprint density at radius 2 is 1.61 bits per heavy atom. The van der Waals surface area contributed by atoms with E-state index in [0.29, 0.717) is 11.8 Å². The molecule has 1 saturated carbocycles. The summed E-state index contributed by atoms with van der Waals surface area (Å²) in [6.07, 6.45) is 7.70. The maximum atomic E-state index is 6.27. The van der Waals surface area contributed by atoms with Crippen LogP contribution in [0.4, 0.5) is 0 Å². The second kappa shape index (κ2) is 6.82. The van der Waals surface area contributed by atoms with E-state index in [1.165, 1.54) is 37.7 Å². The van der Waals surface area contributed by atoms with E-state index in [9.17, 15) is 0 Å². The zero-order valence-electron chi connectivity index (χ0n) is 10.9. The first kappa shape index (κ1) is 14.2. The summed E-state index contributed by atoms with van der Waals surface area (Å²) in [6.45, 7) is 0. The van der Waals surface area contributed by atoms with Crippen LogP contribution in [0.5, 0.6) is 0 Å². The molecular formula is C16H22Cl2. The standard InChI is InChI=1S/C16H22Cl2/c17-12-16(13-18,11-15-8-4-5-9-15)10-14-6-2-1-3-7-14/h1-3,6-7,15H,4-5,8-13H2. The van der Waals surface area contributed by atoms with E-state index in [4.69, 9.17) is 23.2 Å². The molecule has 0 nitrogen and oxygen atoms in total. The smallest absolute Gasteiger partial charge is 0.0294 e. The van der Waals surface area contributed by atoms with Crippen LogP contribution in [0, 0.1) is 11.3 Å². The van der Waals surface area contributed by atoms with Gasteiger partial charge in [-0.25, -0.2) is 0 Å². The molecule has 0 radical (unpaired) electrons. The monoisotopic (exact) mass is 284 g/mol. The average Bonchev–Trinajstić information content (AvgIpc) is 2.92. The molecule has 2 heteroatoms. The molecule has 1 aliphatic rings. The fourth-order valence-electron chi connectivity index (χ4n) is 3.17. The van der Waals surface area contributed by atoms with Gasteiger partial charge < -0.3 is 0 Å². The molecule has 0 aliphatic heterocycles. The third-order valence-electron chi connectivity index (χ3n) is 4.19. The summed E-state index contributed by atoms with van der Waals surface area (Å²) < 4.78 is 0. The molecule has 0 saturated heterocycles. The highest BCUT2D eigenvalue weighted by atomic mass is 35.5. The van der Waals surface area contributed by atoms with Gasteiger partial charge >= 0.3 is 0 Å². The zero-order valence-corrected chi connectivity index (χ0v) is 12.4. The van der Waals surface area contributed by atoms with Gasteiger partial charge in [-0.3, -0.25) is 0 Å². The van der Waals surface area contributed by atoms with Gasteiger partial charge in [-0.05, 0) is 24.3 Å². The Bertz CT molecular complexity index is 337.